The molecule has 1 aromatic carbocycles. The molecule has 0 bridgehead atoms. The van der Waals surface area contributed by atoms with Crippen molar-refractivity contribution in [1.82, 2.24) is 0 Å². The first-order valence-corrected chi connectivity index (χ1v) is 6.49. The van der Waals surface area contributed by atoms with Crippen molar-refractivity contribution in [2.24, 2.45) is 5.73 Å². The molecule has 2 N–H and O–H groups in total. The number of benzene rings is 1. The minimum Gasteiger partial charge on any atom is -0.393 e. The molecule has 2 heteroatoms. The second kappa shape index (κ2) is 7.39. The van der Waals surface area contributed by atoms with Crippen LogP contribution in [0.4, 0.5) is 0 Å². The van der Waals surface area contributed by atoms with Crippen molar-refractivity contribution in [3.8, 4) is 0 Å². The van der Waals surface area contributed by atoms with Crippen molar-refractivity contribution >= 4 is 17.2 Å². The maximum atomic E-state index is 5.47. The molecule has 0 amide bonds. The molecular formula is C14H21NS. The predicted octanol–water partition coefficient (Wildman–Crippen LogP) is 3.64. The van der Waals surface area contributed by atoms with E-state index in [1.165, 1.54) is 30.4 Å². The second-order valence-corrected chi connectivity index (χ2v) is 4.76. The van der Waals surface area contributed by atoms with Crippen molar-refractivity contribution in [3.63, 3.8) is 0 Å². The number of unbranched alkanes of at least 4 members (excludes halogenated alkanes) is 1. The zero-order valence-corrected chi connectivity index (χ0v) is 10.9. The van der Waals surface area contributed by atoms with E-state index in [0.29, 0.717) is 4.99 Å². The van der Waals surface area contributed by atoms with Crippen LogP contribution in [0.25, 0.3) is 0 Å². The Morgan fingerprint density at radius 3 is 2.00 bits per heavy atom. The Hall–Kier alpha value is -0.890. The topological polar surface area (TPSA) is 26.0 Å². The molecule has 0 radical (unpaired) electrons. The molecule has 0 heterocycles. The number of thiocarbonyl (C=S) groups is 1. The Morgan fingerprint density at radius 2 is 1.56 bits per heavy atom. The van der Waals surface area contributed by atoms with Crippen LogP contribution in [-0.4, -0.2) is 4.99 Å². The summed E-state index contributed by atoms with van der Waals surface area (Å²) >= 11 is 4.86. The molecule has 0 saturated heterocycles. The average Bonchev–Trinajstić information content (AvgIpc) is 2.27. The zero-order chi connectivity index (χ0) is 11.8. The van der Waals surface area contributed by atoms with Gasteiger partial charge in [-0.3, -0.25) is 0 Å². The standard InChI is InChI=1S/C14H21NS/c1-2-3-5-12-8-10-13(11-9-12)6-4-7-14(15)16/h8-11H,2-7H2,1H3,(H2,15,16). The maximum absolute atomic E-state index is 5.47. The molecular weight excluding hydrogens is 214 g/mol. The third kappa shape index (κ3) is 5.26. The number of hydrogen-bond acceptors (Lipinski definition) is 1. The van der Waals surface area contributed by atoms with E-state index in [-0.39, 0.29) is 0 Å². The van der Waals surface area contributed by atoms with E-state index >= 15 is 0 Å². The smallest absolute Gasteiger partial charge is 0.0727 e. The summed E-state index contributed by atoms with van der Waals surface area (Å²) < 4.78 is 0. The predicted molar refractivity (Wildman–Crippen MR) is 74.8 cm³/mol. The first-order chi connectivity index (χ1) is 7.72. The number of aryl methyl sites for hydroxylation is 2. The van der Waals surface area contributed by atoms with Crippen LogP contribution in [-0.2, 0) is 12.8 Å². The monoisotopic (exact) mass is 235 g/mol. The van der Waals surface area contributed by atoms with Gasteiger partial charge in [0.1, 0.15) is 0 Å². The molecule has 16 heavy (non-hydrogen) atoms. The van der Waals surface area contributed by atoms with Crippen LogP contribution >= 0.6 is 12.2 Å². The highest BCUT2D eigenvalue weighted by Gasteiger charge is 1.96. The fourth-order valence-electron chi connectivity index (χ4n) is 1.72. The molecule has 1 rings (SSSR count). The Labute approximate surface area is 104 Å². The van der Waals surface area contributed by atoms with Gasteiger partial charge in [-0.2, -0.15) is 0 Å². The molecule has 0 spiro atoms. The summed E-state index contributed by atoms with van der Waals surface area (Å²) in [6.45, 7) is 2.23. The van der Waals surface area contributed by atoms with E-state index in [0.717, 1.165) is 19.3 Å². The average molecular weight is 235 g/mol. The summed E-state index contributed by atoms with van der Waals surface area (Å²) in [6, 6.07) is 8.94. The van der Waals surface area contributed by atoms with Crippen molar-refractivity contribution in [2.75, 3.05) is 0 Å². The second-order valence-electron chi connectivity index (χ2n) is 4.24. The van der Waals surface area contributed by atoms with Gasteiger partial charge in [0.05, 0.1) is 4.99 Å². The lowest BCUT2D eigenvalue weighted by atomic mass is 10.0. The van der Waals surface area contributed by atoms with Crippen LogP contribution in [0.1, 0.15) is 43.7 Å². The molecule has 0 saturated carbocycles. The lowest BCUT2D eigenvalue weighted by Crippen LogP contribution is -2.07. The van der Waals surface area contributed by atoms with Gasteiger partial charge >= 0.3 is 0 Å². The van der Waals surface area contributed by atoms with E-state index in [1.807, 2.05) is 0 Å². The molecule has 0 atom stereocenters. The third-order valence-electron chi connectivity index (χ3n) is 2.73. The lowest BCUT2D eigenvalue weighted by Gasteiger charge is -2.03. The van der Waals surface area contributed by atoms with Gasteiger partial charge in [-0.25, -0.2) is 0 Å². The molecule has 0 aliphatic heterocycles. The van der Waals surface area contributed by atoms with Crippen molar-refractivity contribution in [1.29, 1.82) is 0 Å². The summed E-state index contributed by atoms with van der Waals surface area (Å²) in [5.74, 6) is 0. The molecule has 1 nitrogen and oxygen atoms in total. The van der Waals surface area contributed by atoms with Crippen LogP contribution in [0.5, 0.6) is 0 Å². The van der Waals surface area contributed by atoms with Gasteiger partial charge in [-0.05, 0) is 43.2 Å². The minimum absolute atomic E-state index is 0.625. The fraction of sp³-hybridized carbons (Fsp3) is 0.500. The molecule has 0 fully saturated rings. The van der Waals surface area contributed by atoms with Crippen LogP contribution < -0.4 is 5.73 Å². The number of nitrogens with two attached hydrogens (primary N) is 1. The van der Waals surface area contributed by atoms with E-state index in [2.05, 4.69) is 31.2 Å². The molecule has 1 aromatic rings. The van der Waals surface area contributed by atoms with Crippen LogP contribution in [0.3, 0.4) is 0 Å². The van der Waals surface area contributed by atoms with Crippen LogP contribution in [0, 0.1) is 0 Å². The number of rotatable bonds is 7. The van der Waals surface area contributed by atoms with Gasteiger partial charge in [0.15, 0.2) is 0 Å². The summed E-state index contributed by atoms with van der Waals surface area (Å²) in [6.07, 6.45) is 6.72. The Bertz CT molecular complexity index is 316. The molecule has 88 valence electrons. The highest BCUT2D eigenvalue weighted by molar-refractivity contribution is 7.80. The molecule has 0 aromatic heterocycles. The first kappa shape index (κ1) is 13.2. The minimum atomic E-state index is 0.625. The normalized spacial score (nSPS) is 10.3. The van der Waals surface area contributed by atoms with Crippen molar-refractivity contribution in [3.05, 3.63) is 35.4 Å². The SMILES string of the molecule is CCCCc1ccc(CCCC(N)=S)cc1. The van der Waals surface area contributed by atoms with Gasteiger partial charge in [0.25, 0.3) is 0 Å². The van der Waals surface area contributed by atoms with Crippen molar-refractivity contribution in [2.45, 2.75) is 45.4 Å². The molecule has 0 aliphatic rings. The zero-order valence-electron chi connectivity index (χ0n) is 10.0. The van der Waals surface area contributed by atoms with E-state index in [9.17, 15) is 0 Å². The fourth-order valence-corrected chi connectivity index (χ4v) is 1.86. The Kier molecular flexibility index (Phi) is 6.09. The van der Waals surface area contributed by atoms with Gasteiger partial charge in [0.2, 0.25) is 0 Å². The maximum Gasteiger partial charge on any atom is 0.0727 e. The van der Waals surface area contributed by atoms with Gasteiger partial charge in [-0.1, -0.05) is 49.8 Å². The molecule has 0 unspecified atom stereocenters. The third-order valence-corrected chi connectivity index (χ3v) is 2.93. The van der Waals surface area contributed by atoms with E-state index < -0.39 is 0 Å². The Morgan fingerprint density at radius 1 is 1.06 bits per heavy atom. The highest BCUT2D eigenvalue weighted by atomic mass is 32.1. The van der Waals surface area contributed by atoms with Crippen LogP contribution in [0.15, 0.2) is 24.3 Å². The summed E-state index contributed by atoms with van der Waals surface area (Å²) in [5, 5.41) is 0. The first-order valence-electron chi connectivity index (χ1n) is 6.08. The Balaban J connectivity index is 2.36. The molecule has 0 aliphatic carbocycles. The largest absolute Gasteiger partial charge is 0.393 e. The quantitative estimate of drug-likeness (QED) is 0.730. The summed E-state index contributed by atoms with van der Waals surface area (Å²) in [4.78, 5) is 0.625. The van der Waals surface area contributed by atoms with E-state index in [4.69, 9.17) is 18.0 Å². The van der Waals surface area contributed by atoms with E-state index in [1.54, 1.807) is 0 Å². The summed E-state index contributed by atoms with van der Waals surface area (Å²) in [7, 11) is 0. The van der Waals surface area contributed by atoms with Crippen molar-refractivity contribution < 1.29 is 0 Å². The number of hydrogen-bond donors (Lipinski definition) is 1. The van der Waals surface area contributed by atoms with Gasteiger partial charge < -0.3 is 5.73 Å². The van der Waals surface area contributed by atoms with Gasteiger partial charge in [0, 0.05) is 0 Å². The van der Waals surface area contributed by atoms with Gasteiger partial charge in [-0.15, -0.1) is 0 Å². The van der Waals surface area contributed by atoms with Crippen LogP contribution in [0.2, 0.25) is 0 Å². The highest BCUT2D eigenvalue weighted by Crippen LogP contribution is 2.10. The summed E-state index contributed by atoms with van der Waals surface area (Å²) in [5.41, 5.74) is 8.30. The lowest BCUT2D eigenvalue weighted by molar-refractivity contribution is 0.793.